The number of hydrogen-bond acceptors (Lipinski definition) is 5. The highest BCUT2D eigenvalue weighted by atomic mass is 16.5. The molecule has 0 atom stereocenters. The molecule has 8 heteroatoms. The van der Waals surface area contributed by atoms with Crippen molar-refractivity contribution in [3.63, 3.8) is 0 Å². The predicted molar refractivity (Wildman–Crippen MR) is 124 cm³/mol. The van der Waals surface area contributed by atoms with Crippen LogP contribution in [0.25, 0.3) is 21.8 Å². The molecule has 0 bridgehead atoms. The van der Waals surface area contributed by atoms with E-state index in [0.717, 1.165) is 20.9 Å². The minimum absolute atomic E-state index is 0.200. The molecule has 0 aliphatic rings. The Kier molecular flexibility index (Phi) is 5.77. The lowest BCUT2D eigenvalue weighted by molar-refractivity contribution is -0.116. The summed E-state index contributed by atoms with van der Waals surface area (Å²) in [6.07, 6.45) is 2.23. The van der Waals surface area contributed by atoms with Crippen molar-refractivity contribution in [3.05, 3.63) is 75.1 Å². The van der Waals surface area contributed by atoms with Gasteiger partial charge in [-0.15, -0.1) is 0 Å². The number of carbonyl (C=O) groups is 1. The molecule has 2 aromatic heterocycles. The van der Waals surface area contributed by atoms with Gasteiger partial charge in [0.15, 0.2) is 5.65 Å². The number of carbonyl (C=O) groups excluding carboxylic acids is 1. The molecule has 2 aromatic carbocycles. The number of rotatable bonds is 6. The van der Waals surface area contributed by atoms with E-state index in [1.807, 2.05) is 50.2 Å². The van der Waals surface area contributed by atoms with Gasteiger partial charge in [-0.05, 0) is 24.8 Å². The van der Waals surface area contributed by atoms with Crippen molar-refractivity contribution in [3.8, 4) is 5.75 Å². The van der Waals surface area contributed by atoms with E-state index in [2.05, 4.69) is 10.3 Å². The van der Waals surface area contributed by atoms with Crippen LogP contribution in [0, 0.1) is 0 Å². The summed E-state index contributed by atoms with van der Waals surface area (Å²) < 4.78 is 7.94. The van der Waals surface area contributed by atoms with Gasteiger partial charge in [-0.1, -0.05) is 43.3 Å². The number of fused-ring (bicyclic) bond motifs is 2. The Labute approximate surface area is 184 Å². The molecule has 0 fully saturated rings. The van der Waals surface area contributed by atoms with Gasteiger partial charge in [0.1, 0.15) is 17.7 Å². The van der Waals surface area contributed by atoms with E-state index in [0.29, 0.717) is 24.5 Å². The number of nitrogens with zero attached hydrogens (tertiary/aromatic N) is 3. The Hall–Kier alpha value is -3.94. The van der Waals surface area contributed by atoms with E-state index in [1.54, 1.807) is 12.3 Å². The number of hydrogen-bond donors (Lipinski definition) is 1. The number of amides is 1. The van der Waals surface area contributed by atoms with Crippen molar-refractivity contribution in [2.24, 2.45) is 7.05 Å². The maximum atomic E-state index is 13.3. The third-order valence-corrected chi connectivity index (χ3v) is 5.41. The third kappa shape index (κ3) is 3.64. The molecule has 8 nitrogen and oxygen atoms in total. The van der Waals surface area contributed by atoms with Gasteiger partial charge >= 0.3 is 5.69 Å². The third-order valence-electron chi connectivity index (χ3n) is 5.41. The summed E-state index contributed by atoms with van der Waals surface area (Å²) in [6.45, 7) is 3.69. The molecule has 1 amide bonds. The van der Waals surface area contributed by atoms with E-state index >= 15 is 0 Å². The molecule has 0 aliphatic heterocycles. The van der Waals surface area contributed by atoms with Crippen LogP contribution in [0.1, 0.15) is 19.4 Å². The predicted octanol–water partition coefficient (Wildman–Crippen LogP) is 2.85. The van der Waals surface area contributed by atoms with Crippen LogP contribution in [0.15, 0.2) is 58.3 Å². The zero-order valence-electron chi connectivity index (χ0n) is 18.2. The SMILES string of the molecule is CCOc1c(CC)cnc2c1c(=O)n(CC(=O)Nc1cccc3ccccc13)c(=O)n2C. The second kappa shape index (κ2) is 8.66. The van der Waals surface area contributed by atoms with Gasteiger partial charge in [-0.2, -0.15) is 0 Å². The van der Waals surface area contributed by atoms with E-state index in [1.165, 1.54) is 11.6 Å². The van der Waals surface area contributed by atoms with E-state index in [4.69, 9.17) is 4.74 Å². The second-order valence-corrected chi connectivity index (χ2v) is 7.41. The summed E-state index contributed by atoms with van der Waals surface area (Å²) >= 11 is 0. The quantitative estimate of drug-likeness (QED) is 0.506. The number of aromatic nitrogens is 3. The van der Waals surface area contributed by atoms with Crippen LogP contribution in [0.4, 0.5) is 5.69 Å². The molecular formula is C24H24N4O4. The first-order valence-corrected chi connectivity index (χ1v) is 10.5. The van der Waals surface area contributed by atoms with E-state index in [-0.39, 0.29) is 11.0 Å². The minimum Gasteiger partial charge on any atom is -0.493 e. The van der Waals surface area contributed by atoms with Crippen LogP contribution in [-0.4, -0.2) is 26.6 Å². The van der Waals surface area contributed by atoms with Gasteiger partial charge in [0.25, 0.3) is 5.56 Å². The van der Waals surface area contributed by atoms with Gasteiger partial charge in [-0.3, -0.25) is 14.2 Å². The zero-order chi connectivity index (χ0) is 22.8. The van der Waals surface area contributed by atoms with Crippen molar-refractivity contribution in [1.29, 1.82) is 0 Å². The molecule has 32 heavy (non-hydrogen) atoms. The topological polar surface area (TPSA) is 95.2 Å². The zero-order valence-corrected chi connectivity index (χ0v) is 18.2. The fraction of sp³-hybridized carbons (Fsp3) is 0.250. The largest absolute Gasteiger partial charge is 0.493 e. The van der Waals surface area contributed by atoms with Crippen LogP contribution in [-0.2, 0) is 24.8 Å². The van der Waals surface area contributed by atoms with Gasteiger partial charge < -0.3 is 10.1 Å². The molecular weight excluding hydrogens is 408 g/mol. The number of ether oxygens (including phenoxy) is 1. The average Bonchev–Trinajstić information content (AvgIpc) is 2.80. The molecule has 4 aromatic rings. The maximum Gasteiger partial charge on any atom is 0.332 e. The first-order chi connectivity index (χ1) is 15.5. The normalized spacial score (nSPS) is 11.1. The first-order valence-electron chi connectivity index (χ1n) is 10.5. The Balaban J connectivity index is 1.79. The molecule has 4 rings (SSSR count). The summed E-state index contributed by atoms with van der Waals surface area (Å²) in [5, 5.41) is 4.87. The van der Waals surface area contributed by atoms with E-state index < -0.39 is 23.7 Å². The lowest BCUT2D eigenvalue weighted by Crippen LogP contribution is -2.42. The monoisotopic (exact) mass is 432 g/mol. The summed E-state index contributed by atoms with van der Waals surface area (Å²) in [4.78, 5) is 43.4. The standard InChI is InChI=1S/C24H24N4O4/c1-4-15-13-25-22-20(21(15)32-5-2)23(30)28(24(31)27(22)3)14-19(29)26-18-12-8-10-16-9-6-7-11-17(16)18/h6-13H,4-5,14H2,1-3H3,(H,26,29). The highest BCUT2D eigenvalue weighted by Crippen LogP contribution is 2.26. The smallest absolute Gasteiger partial charge is 0.332 e. The highest BCUT2D eigenvalue weighted by molar-refractivity contribution is 6.02. The Bertz CT molecular complexity index is 1450. The molecule has 0 spiro atoms. The van der Waals surface area contributed by atoms with Gasteiger partial charge in [0.2, 0.25) is 5.91 Å². The lowest BCUT2D eigenvalue weighted by Gasteiger charge is -2.15. The summed E-state index contributed by atoms with van der Waals surface area (Å²) in [7, 11) is 1.53. The van der Waals surface area contributed by atoms with Crippen LogP contribution in [0.5, 0.6) is 5.75 Å². The first kappa shape index (κ1) is 21.3. The number of benzene rings is 2. The Morgan fingerprint density at radius 3 is 2.59 bits per heavy atom. The van der Waals surface area contributed by atoms with Crippen molar-refractivity contribution in [2.75, 3.05) is 11.9 Å². The number of anilines is 1. The number of aryl methyl sites for hydroxylation is 2. The van der Waals surface area contributed by atoms with Crippen LogP contribution >= 0.6 is 0 Å². The van der Waals surface area contributed by atoms with Crippen molar-refractivity contribution < 1.29 is 9.53 Å². The van der Waals surface area contributed by atoms with Gasteiger partial charge in [0, 0.05) is 29.9 Å². The van der Waals surface area contributed by atoms with Crippen LogP contribution < -0.4 is 21.3 Å². The molecule has 0 radical (unpaired) electrons. The summed E-state index contributed by atoms with van der Waals surface area (Å²) in [5.74, 6) is -0.0683. The summed E-state index contributed by atoms with van der Waals surface area (Å²) in [5.41, 5.74) is 0.397. The fourth-order valence-electron chi connectivity index (χ4n) is 3.83. The molecule has 164 valence electrons. The Morgan fingerprint density at radius 1 is 1.09 bits per heavy atom. The minimum atomic E-state index is -0.616. The average molecular weight is 432 g/mol. The Morgan fingerprint density at radius 2 is 1.84 bits per heavy atom. The van der Waals surface area contributed by atoms with E-state index in [9.17, 15) is 14.4 Å². The van der Waals surface area contributed by atoms with Crippen LogP contribution in [0.2, 0.25) is 0 Å². The van der Waals surface area contributed by atoms with Crippen molar-refractivity contribution >= 4 is 33.4 Å². The van der Waals surface area contributed by atoms with Gasteiger partial charge in [-0.25, -0.2) is 14.3 Å². The molecule has 2 heterocycles. The number of pyridine rings is 1. The molecule has 1 N–H and O–H groups in total. The lowest BCUT2D eigenvalue weighted by atomic mass is 10.1. The second-order valence-electron chi connectivity index (χ2n) is 7.41. The van der Waals surface area contributed by atoms with Gasteiger partial charge in [0.05, 0.1) is 6.61 Å². The highest BCUT2D eigenvalue weighted by Gasteiger charge is 2.20. The molecule has 0 saturated heterocycles. The van der Waals surface area contributed by atoms with Crippen LogP contribution in [0.3, 0.4) is 0 Å². The van der Waals surface area contributed by atoms with Crippen molar-refractivity contribution in [2.45, 2.75) is 26.8 Å². The van der Waals surface area contributed by atoms with Crippen molar-refractivity contribution in [1.82, 2.24) is 14.1 Å². The molecule has 0 saturated carbocycles. The molecule has 0 aliphatic carbocycles. The summed E-state index contributed by atoms with van der Waals surface area (Å²) in [6, 6.07) is 13.2. The molecule has 0 unspecified atom stereocenters. The maximum absolute atomic E-state index is 13.3. The fourth-order valence-corrected chi connectivity index (χ4v) is 3.83. The number of nitrogens with one attached hydrogen (secondary N) is 1.